The minimum Gasteiger partial charge on any atom is -0.298 e. The summed E-state index contributed by atoms with van der Waals surface area (Å²) in [6.45, 7) is 1.98. The molecule has 0 N–H and O–H groups in total. The van der Waals surface area contributed by atoms with Gasteiger partial charge in [0.25, 0.3) is 0 Å². The first-order valence-electron chi connectivity index (χ1n) is 4.47. The smallest absolute Gasteiger partial charge is 0.153 e. The van der Waals surface area contributed by atoms with E-state index >= 15 is 0 Å². The summed E-state index contributed by atoms with van der Waals surface area (Å²) in [7, 11) is 0. The third-order valence-electron chi connectivity index (χ3n) is 2.09. The lowest BCUT2D eigenvalue weighted by molar-refractivity contribution is 0.112. The van der Waals surface area contributed by atoms with E-state index in [-0.39, 0.29) is 0 Å². The molecule has 4 heteroatoms. The van der Waals surface area contributed by atoms with Gasteiger partial charge in [-0.1, -0.05) is 17.7 Å². The van der Waals surface area contributed by atoms with Crippen LogP contribution < -0.4 is 0 Å². The van der Waals surface area contributed by atoms with E-state index in [0.717, 1.165) is 17.5 Å². The van der Waals surface area contributed by atoms with Gasteiger partial charge >= 0.3 is 0 Å². The number of hydrogen-bond donors (Lipinski definition) is 0. The molecule has 0 aliphatic carbocycles. The molecular weight excluding hydrogens is 212 g/mol. The average Bonchev–Trinajstić information content (AvgIpc) is 2.70. The second kappa shape index (κ2) is 3.87. The highest BCUT2D eigenvalue weighted by Crippen LogP contribution is 2.21. The number of aromatic nitrogens is 2. The summed E-state index contributed by atoms with van der Waals surface area (Å²) in [5, 5.41) is 4.67. The summed E-state index contributed by atoms with van der Waals surface area (Å²) in [6, 6.07) is 5.66. The second-order valence-electron chi connectivity index (χ2n) is 3.29. The van der Waals surface area contributed by atoms with Gasteiger partial charge < -0.3 is 0 Å². The molecule has 0 saturated carbocycles. The zero-order valence-corrected chi connectivity index (χ0v) is 8.90. The van der Waals surface area contributed by atoms with E-state index in [4.69, 9.17) is 11.6 Å². The highest BCUT2D eigenvalue weighted by Gasteiger charge is 2.04. The molecule has 0 radical (unpaired) electrons. The quantitative estimate of drug-likeness (QED) is 0.730. The number of halogens is 1. The fraction of sp³-hybridized carbons (Fsp3) is 0.0909. The molecule has 0 amide bonds. The molecular formula is C11H9ClN2O. The summed E-state index contributed by atoms with van der Waals surface area (Å²) in [6.07, 6.45) is 3.91. The molecule has 2 aromatic rings. The minimum absolute atomic E-state index is 0.535. The SMILES string of the molecule is Cc1ccc(Cl)c(-n2cc(C=O)cn2)c1. The first-order valence-corrected chi connectivity index (χ1v) is 4.85. The standard InChI is InChI=1S/C11H9ClN2O/c1-8-2-3-10(12)11(4-8)14-6-9(7-15)5-13-14/h2-7H,1H3. The van der Waals surface area contributed by atoms with Crippen LogP contribution in [-0.4, -0.2) is 16.1 Å². The first-order chi connectivity index (χ1) is 7.20. The molecule has 0 spiro atoms. The molecule has 0 saturated heterocycles. The van der Waals surface area contributed by atoms with Crippen molar-refractivity contribution in [1.29, 1.82) is 0 Å². The van der Waals surface area contributed by atoms with Gasteiger partial charge in [-0.3, -0.25) is 4.79 Å². The fourth-order valence-electron chi connectivity index (χ4n) is 1.33. The van der Waals surface area contributed by atoms with Crippen LogP contribution in [0.3, 0.4) is 0 Å². The third kappa shape index (κ3) is 1.92. The van der Waals surface area contributed by atoms with Crippen molar-refractivity contribution in [3.63, 3.8) is 0 Å². The average molecular weight is 221 g/mol. The predicted octanol–water partition coefficient (Wildman–Crippen LogP) is 2.65. The number of carbonyl (C=O) groups is 1. The summed E-state index contributed by atoms with van der Waals surface area (Å²) in [4.78, 5) is 10.5. The number of aldehydes is 1. The number of rotatable bonds is 2. The van der Waals surface area contributed by atoms with Crippen LogP contribution in [0.2, 0.25) is 5.02 Å². The van der Waals surface area contributed by atoms with Crippen LogP contribution in [0.1, 0.15) is 15.9 Å². The molecule has 3 nitrogen and oxygen atoms in total. The molecule has 1 aromatic heterocycles. The highest BCUT2D eigenvalue weighted by molar-refractivity contribution is 6.32. The lowest BCUT2D eigenvalue weighted by atomic mass is 10.2. The van der Waals surface area contributed by atoms with Gasteiger partial charge in [0.1, 0.15) is 0 Å². The van der Waals surface area contributed by atoms with Gasteiger partial charge in [0.2, 0.25) is 0 Å². The molecule has 0 unspecified atom stereocenters. The number of aryl methyl sites for hydroxylation is 1. The lowest BCUT2D eigenvalue weighted by Gasteiger charge is -2.04. The Hall–Kier alpha value is -1.61. The number of benzene rings is 1. The monoisotopic (exact) mass is 220 g/mol. The van der Waals surface area contributed by atoms with Crippen LogP contribution >= 0.6 is 11.6 Å². The summed E-state index contributed by atoms with van der Waals surface area (Å²) < 4.78 is 1.60. The highest BCUT2D eigenvalue weighted by atomic mass is 35.5. The summed E-state index contributed by atoms with van der Waals surface area (Å²) in [5.41, 5.74) is 2.41. The normalized spacial score (nSPS) is 10.3. The molecule has 0 atom stereocenters. The van der Waals surface area contributed by atoms with E-state index in [9.17, 15) is 4.79 Å². The zero-order valence-electron chi connectivity index (χ0n) is 8.14. The van der Waals surface area contributed by atoms with Crippen molar-refractivity contribution < 1.29 is 4.79 Å². The van der Waals surface area contributed by atoms with E-state index in [1.54, 1.807) is 10.9 Å². The third-order valence-corrected chi connectivity index (χ3v) is 2.41. The van der Waals surface area contributed by atoms with Crippen molar-refractivity contribution in [2.75, 3.05) is 0 Å². The van der Waals surface area contributed by atoms with Crippen molar-refractivity contribution in [3.8, 4) is 5.69 Å². The number of hydrogen-bond acceptors (Lipinski definition) is 2. The van der Waals surface area contributed by atoms with Crippen LogP contribution in [0.5, 0.6) is 0 Å². The second-order valence-corrected chi connectivity index (χ2v) is 3.70. The maximum atomic E-state index is 10.5. The van der Waals surface area contributed by atoms with Crippen molar-refractivity contribution in [2.24, 2.45) is 0 Å². The van der Waals surface area contributed by atoms with E-state index in [1.165, 1.54) is 6.20 Å². The number of carbonyl (C=O) groups excluding carboxylic acids is 1. The van der Waals surface area contributed by atoms with E-state index in [0.29, 0.717) is 10.6 Å². The van der Waals surface area contributed by atoms with Crippen LogP contribution in [-0.2, 0) is 0 Å². The first kappa shape index (κ1) is 9.93. The van der Waals surface area contributed by atoms with Crippen molar-refractivity contribution in [3.05, 3.63) is 46.7 Å². The lowest BCUT2D eigenvalue weighted by Crippen LogP contribution is -1.95. The van der Waals surface area contributed by atoms with E-state index in [2.05, 4.69) is 5.10 Å². The Morgan fingerprint density at radius 2 is 2.27 bits per heavy atom. The maximum Gasteiger partial charge on any atom is 0.153 e. The van der Waals surface area contributed by atoms with Crippen molar-refractivity contribution in [2.45, 2.75) is 6.92 Å². The van der Waals surface area contributed by atoms with Crippen LogP contribution in [0.25, 0.3) is 5.69 Å². The Morgan fingerprint density at radius 3 is 2.93 bits per heavy atom. The Balaban J connectivity index is 2.52. The molecule has 0 aliphatic heterocycles. The van der Waals surface area contributed by atoms with Gasteiger partial charge in [0.05, 0.1) is 22.5 Å². The van der Waals surface area contributed by atoms with Gasteiger partial charge in [0.15, 0.2) is 6.29 Å². The molecule has 2 rings (SSSR count). The van der Waals surface area contributed by atoms with Gasteiger partial charge in [-0.25, -0.2) is 4.68 Å². The fourth-order valence-corrected chi connectivity index (χ4v) is 1.53. The zero-order chi connectivity index (χ0) is 10.8. The van der Waals surface area contributed by atoms with Crippen LogP contribution in [0.4, 0.5) is 0 Å². The molecule has 1 aromatic carbocycles. The molecule has 0 fully saturated rings. The molecule has 76 valence electrons. The Kier molecular flexibility index (Phi) is 2.56. The predicted molar refractivity (Wildman–Crippen MR) is 58.7 cm³/mol. The van der Waals surface area contributed by atoms with Gasteiger partial charge in [-0.05, 0) is 24.6 Å². The van der Waals surface area contributed by atoms with Crippen LogP contribution in [0.15, 0.2) is 30.6 Å². The number of nitrogens with zero attached hydrogens (tertiary/aromatic N) is 2. The molecule has 0 bridgehead atoms. The van der Waals surface area contributed by atoms with Crippen LogP contribution in [0, 0.1) is 6.92 Å². The van der Waals surface area contributed by atoms with Gasteiger partial charge in [-0.15, -0.1) is 0 Å². The van der Waals surface area contributed by atoms with Gasteiger partial charge in [0, 0.05) is 6.20 Å². The topological polar surface area (TPSA) is 34.9 Å². The van der Waals surface area contributed by atoms with E-state index in [1.807, 2.05) is 25.1 Å². The molecule has 15 heavy (non-hydrogen) atoms. The Morgan fingerprint density at radius 1 is 1.47 bits per heavy atom. The maximum absolute atomic E-state index is 10.5. The Bertz CT molecular complexity index is 505. The van der Waals surface area contributed by atoms with E-state index < -0.39 is 0 Å². The molecule has 1 heterocycles. The van der Waals surface area contributed by atoms with Gasteiger partial charge in [-0.2, -0.15) is 5.10 Å². The Labute approximate surface area is 92.3 Å². The van der Waals surface area contributed by atoms with Crippen molar-refractivity contribution >= 4 is 17.9 Å². The summed E-state index contributed by atoms with van der Waals surface area (Å²) >= 11 is 6.03. The molecule has 0 aliphatic rings. The summed E-state index contributed by atoms with van der Waals surface area (Å²) in [5.74, 6) is 0. The van der Waals surface area contributed by atoms with Crippen molar-refractivity contribution in [1.82, 2.24) is 9.78 Å². The largest absolute Gasteiger partial charge is 0.298 e. The minimum atomic E-state index is 0.535.